The second-order valence-corrected chi connectivity index (χ2v) is 5.06. The van der Waals surface area contributed by atoms with E-state index in [2.05, 4.69) is 18.2 Å². The van der Waals surface area contributed by atoms with Crippen LogP contribution in [0.5, 0.6) is 0 Å². The molecule has 3 rings (SSSR count). The average Bonchev–Trinajstić information content (AvgIpc) is 2.66. The molecular weight excluding hydrogens is 296 g/mol. The lowest BCUT2D eigenvalue weighted by Crippen LogP contribution is -2.25. The summed E-state index contributed by atoms with van der Waals surface area (Å²) < 4.78 is 1.79. The van der Waals surface area contributed by atoms with E-state index in [0.717, 1.165) is 30.6 Å². The lowest BCUT2D eigenvalue weighted by Gasteiger charge is -2.14. The fourth-order valence-electron chi connectivity index (χ4n) is 2.68. The smallest absolute Gasteiger partial charge is 0.261 e. The largest absolute Gasteiger partial charge is 0.296 e. The van der Waals surface area contributed by atoms with E-state index in [0.29, 0.717) is 11.9 Å². The van der Waals surface area contributed by atoms with E-state index in [1.165, 1.54) is 5.57 Å². The predicted octanol–water partition coefficient (Wildman–Crippen LogP) is 5.29. The monoisotopic (exact) mass is 326 g/mol. The van der Waals surface area contributed by atoms with Gasteiger partial charge in [-0.05, 0) is 31.9 Å². The summed E-state index contributed by atoms with van der Waals surface area (Å²) in [6.07, 6.45) is 9.31. The van der Waals surface area contributed by atoms with Crippen molar-refractivity contribution in [3.05, 3.63) is 64.2 Å². The van der Waals surface area contributed by atoms with E-state index < -0.39 is 0 Å². The summed E-state index contributed by atoms with van der Waals surface area (Å²) in [5, 5.41) is 0.704. The van der Waals surface area contributed by atoms with E-state index in [1.54, 1.807) is 4.57 Å². The first kappa shape index (κ1) is 19.9. The van der Waals surface area contributed by atoms with Gasteiger partial charge in [-0.25, -0.2) is 4.98 Å². The maximum Gasteiger partial charge on any atom is 0.261 e. The minimum atomic E-state index is 0.0695. The third-order valence-corrected chi connectivity index (χ3v) is 3.74. The van der Waals surface area contributed by atoms with E-state index in [-0.39, 0.29) is 5.56 Å². The summed E-state index contributed by atoms with van der Waals surface area (Å²) >= 11 is 0. The van der Waals surface area contributed by atoms with Crippen LogP contribution in [-0.2, 0) is 13.0 Å². The molecule has 3 heteroatoms. The molecule has 0 aliphatic heterocycles. The Labute approximate surface area is 145 Å². The van der Waals surface area contributed by atoms with Gasteiger partial charge in [-0.2, -0.15) is 0 Å². The van der Waals surface area contributed by atoms with Crippen LogP contribution >= 0.6 is 0 Å². The van der Waals surface area contributed by atoms with Gasteiger partial charge in [-0.1, -0.05) is 63.6 Å². The lowest BCUT2D eigenvalue weighted by molar-refractivity contribution is 0.661. The molecule has 3 nitrogen and oxygen atoms in total. The van der Waals surface area contributed by atoms with Crippen molar-refractivity contribution in [2.75, 3.05) is 0 Å². The van der Waals surface area contributed by atoms with Crippen LogP contribution in [0.1, 0.15) is 53.3 Å². The lowest BCUT2D eigenvalue weighted by atomic mass is 10.0. The highest BCUT2D eigenvalue weighted by molar-refractivity contribution is 5.77. The molecule has 1 aromatic heterocycles. The van der Waals surface area contributed by atoms with Gasteiger partial charge in [0.15, 0.2) is 0 Å². The Kier molecular flexibility index (Phi) is 8.77. The normalized spacial score (nSPS) is 12.6. The molecule has 0 atom stereocenters. The van der Waals surface area contributed by atoms with E-state index in [1.807, 2.05) is 58.9 Å². The molecule has 0 saturated carbocycles. The number of hydrogen-bond acceptors (Lipinski definition) is 2. The number of benzene rings is 1. The summed E-state index contributed by atoms with van der Waals surface area (Å²) in [5.74, 6) is 0.873. The standard InChI is InChI=1S/C17H18N2O.2C2H6/c1-2-19-16(12-13-8-4-3-5-9-13)18-15-11-7-6-10-14(15)17(19)20;2*1-2/h3-4,6-8,10-11H,2,5,9,12H2,1H3;2*1-2H3. The Morgan fingerprint density at radius 2 is 1.83 bits per heavy atom. The third kappa shape index (κ3) is 4.67. The molecule has 0 unspecified atom stereocenters. The van der Waals surface area contributed by atoms with Gasteiger partial charge in [-0.3, -0.25) is 9.36 Å². The molecule has 0 N–H and O–H groups in total. The Morgan fingerprint density at radius 1 is 1.12 bits per heavy atom. The van der Waals surface area contributed by atoms with Crippen molar-refractivity contribution >= 4 is 10.9 Å². The molecule has 1 aliphatic rings. The highest BCUT2D eigenvalue weighted by Crippen LogP contribution is 2.17. The molecule has 24 heavy (non-hydrogen) atoms. The van der Waals surface area contributed by atoms with Gasteiger partial charge in [0.1, 0.15) is 5.82 Å². The highest BCUT2D eigenvalue weighted by atomic mass is 16.1. The Bertz CT molecular complexity index is 754. The number of para-hydroxylation sites is 1. The zero-order valence-corrected chi connectivity index (χ0v) is 15.7. The summed E-state index contributed by atoms with van der Waals surface area (Å²) in [4.78, 5) is 17.2. The first-order valence-corrected chi connectivity index (χ1v) is 9.12. The molecule has 0 bridgehead atoms. The van der Waals surface area contributed by atoms with Crippen LogP contribution in [0.2, 0.25) is 0 Å². The van der Waals surface area contributed by atoms with Crippen molar-refractivity contribution in [1.82, 2.24) is 9.55 Å². The maximum atomic E-state index is 12.5. The minimum Gasteiger partial charge on any atom is -0.296 e. The molecule has 0 fully saturated rings. The Hall–Kier alpha value is -2.16. The van der Waals surface area contributed by atoms with E-state index in [4.69, 9.17) is 4.98 Å². The van der Waals surface area contributed by atoms with Crippen LogP contribution in [0, 0.1) is 0 Å². The molecule has 0 spiro atoms. The quantitative estimate of drug-likeness (QED) is 0.768. The minimum absolute atomic E-state index is 0.0695. The number of fused-ring (bicyclic) bond motifs is 1. The van der Waals surface area contributed by atoms with Gasteiger partial charge in [0, 0.05) is 13.0 Å². The van der Waals surface area contributed by atoms with Crippen molar-refractivity contribution in [3.63, 3.8) is 0 Å². The topological polar surface area (TPSA) is 34.9 Å². The van der Waals surface area contributed by atoms with Crippen LogP contribution in [0.25, 0.3) is 10.9 Å². The average molecular weight is 326 g/mol. The van der Waals surface area contributed by atoms with Crippen LogP contribution in [0.15, 0.2) is 52.9 Å². The summed E-state index contributed by atoms with van der Waals surface area (Å²) in [5.41, 5.74) is 2.21. The Balaban J connectivity index is 0.000000671. The SMILES string of the molecule is CC.CC.CCn1c(CC2=CC=CCC2)nc2ccccc2c1=O. The summed E-state index contributed by atoms with van der Waals surface area (Å²) in [7, 11) is 0. The first-order valence-electron chi connectivity index (χ1n) is 9.12. The predicted molar refractivity (Wildman–Crippen MR) is 105 cm³/mol. The van der Waals surface area contributed by atoms with Crippen molar-refractivity contribution in [1.29, 1.82) is 0 Å². The molecule has 2 aromatic rings. The van der Waals surface area contributed by atoms with E-state index >= 15 is 0 Å². The molecule has 0 saturated heterocycles. The van der Waals surface area contributed by atoms with Crippen LogP contribution in [0.4, 0.5) is 0 Å². The summed E-state index contributed by atoms with van der Waals surface area (Å²) in [6.45, 7) is 10.7. The Morgan fingerprint density at radius 3 is 2.46 bits per heavy atom. The molecule has 1 heterocycles. The fraction of sp³-hybridized carbons (Fsp3) is 0.429. The third-order valence-electron chi connectivity index (χ3n) is 3.74. The number of hydrogen-bond donors (Lipinski definition) is 0. The van der Waals surface area contributed by atoms with Crippen molar-refractivity contribution in [3.8, 4) is 0 Å². The van der Waals surface area contributed by atoms with Gasteiger partial charge in [0.2, 0.25) is 0 Å². The molecule has 1 aliphatic carbocycles. The van der Waals surface area contributed by atoms with Crippen LogP contribution in [-0.4, -0.2) is 9.55 Å². The van der Waals surface area contributed by atoms with Crippen LogP contribution in [0.3, 0.4) is 0 Å². The second-order valence-electron chi connectivity index (χ2n) is 5.06. The summed E-state index contributed by atoms with van der Waals surface area (Å²) in [6, 6.07) is 7.58. The molecule has 130 valence electrons. The molecular formula is C21H30N2O. The zero-order chi connectivity index (χ0) is 17.9. The maximum absolute atomic E-state index is 12.5. The van der Waals surface area contributed by atoms with Crippen molar-refractivity contribution in [2.24, 2.45) is 0 Å². The number of nitrogens with zero attached hydrogens (tertiary/aromatic N) is 2. The van der Waals surface area contributed by atoms with Gasteiger partial charge in [0.05, 0.1) is 10.9 Å². The highest BCUT2D eigenvalue weighted by Gasteiger charge is 2.11. The molecule has 0 radical (unpaired) electrons. The number of aromatic nitrogens is 2. The second kappa shape index (κ2) is 10.6. The van der Waals surface area contributed by atoms with Gasteiger partial charge < -0.3 is 0 Å². The molecule has 0 amide bonds. The van der Waals surface area contributed by atoms with Gasteiger partial charge >= 0.3 is 0 Å². The van der Waals surface area contributed by atoms with E-state index in [9.17, 15) is 4.79 Å². The van der Waals surface area contributed by atoms with Crippen molar-refractivity contribution in [2.45, 2.75) is 60.4 Å². The zero-order valence-electron chi connectivity index (χ0n) is 15.7. The first-order chi connectivity index (χ1) is 11.8. The van der Waals surface area contributed by atoms with Crippen LogP contribution < -0.4 is 5.56 Å². The number of rotatable bonds is 3. The molecule has 1 aromatic carbocycles. The van der Waals surface area contributed by atoms with Gasteiger partial charge in [-0.15, -0.1) is 0 Å². The fourth-order valence-corrected chi connectivity index (χ4v) is 2.68. The number of allylic oxidation sites excluding steroid dienone is 4. The van der Waals surface area contributed by atoms with Crippen molar-refractivity contribution < 1.29 is 0 Å². The van der Waals surface area contributed by atoms with Gasteiger partial charge in [0.25, 0.3) is 5.56 Å².